The molecule has 0 saturated heterocycles. The Balaban J connectivity index is 2.82. The van der Waals surface area contributed by atoms with Crippen molar-refractivity contribution in [2.24, 2.45) is 0 Å². The molecule has 0 fully saturated rings. The Morgan fingerprint density at radius 3 is 2.67 bits per heavy atom. The maximum atomic E-state index is 11.9. The van der Waals surface area contributed by atoms with E-state index < -0.39 is 10.8 Å². The molecule has 0 aliphatic rings. The van der Waals surface area contributed by atoms with Gasteiger partial charge in [-0.2, -0.15) is 0 Å². The minimum atomic E-state index is -1.13. The molecule has 0 bridgehead atoms. The maximum absolute atomic E-state index is 11.9. The van der Waals surface area contributed by atoms with Crippen LogP contribution in [0.2, 0.25) is 5.02 Å². The maximum Gasteiger partial charge on any atom is 0.0803 e. The zero-order valence-electron chi connectivity index (χ0n) is 8.87. The Labute approximate surface area is 97.7 Å². The minimum Gasteiger partial charge on any atom is -0.398 e. The summed E-state index contributed by atoms with van der Waals surface area (Å²) < 4.78 is 11.9. The molecule has 1 atom stereocenters. The van der Waals surface area contributed by atoms with Crippen LogP contribution in [0.4, 0.5) is 5.69 Å². The summed E-state index contributed by atoms with van der Waals surface area (Å²) in [5.74, 6) is 0.543. The van der Waals surface area contributed by atoms with E-state index >= 15 is 0 Å². The SMILES string of the molecule is CN(C)CCS(=O)c1c(N)cccc1Cl. The first-order chi connectivity index (χ1) is 7.02. The topological polar surface area (TPSA) is 46.3 Å². The first kappa shape index (κ1) is 12.5. The van der Waals surface area contributed by atoms with Crippen LogP contribution in [0.5, 0.6) is 0 Å². The summed E-state index contributed by atoms with van der Waals surface area (Å²) in [6.45, 7) is 0.747. The van der Waals surface area contributed by atoms with Crippen LogP contribution in [0.3, 0.4) is 0 Å². The summed E-state index contributed by atoms with van der Waals surface area (Å²) in [6.07, 6.45) is 0. The van der Waals surface area contributed by atoms with Gasteiger partial charge in [0.05, 0.1) is 20.7 Å². The van der Waals surface area contributed by atoms with Crippen molar-refractivity contribution in [2.45, 2.75) is 4.90 Å². The second-order valence-corrected chi connectivity index (χ2v) is 5.43. The number of hydrogen-bond acceptors (Lipinski definition) is 3. The van der Waals surface area contributed by atoms with E-state index in [9.17, 15) is 4.21 Å². The van der Waals surface area contributed by atoms with Gasteiger partial charge in [-0.05, 0) is 26.2 Å². The average Bonchev–Trinajstić information content (AvgIpc) is 2.14. The third kappa shape index (κ3) is 3.48. The van der Waals surface area contributed by atoms with E-state index in [4.69, 9.17) is 17.3 Å². The van der Waals surface area contributed by atoms with Crippen LogP contribution < -0.4 is 5.73 Å². The number of hydrogen-bond donors (Lipinski definition) is 1. The smallest absolute Gasteiger partial charge is 0.0803 e. The van der Waals surface area contributed by atoms with E-state index in [0.29, 0.717) is 21.4 Å². The lowest BCUT2D eigenvalue weighted by atomic mass is 10.3. The van der Waals surface area contributed by atoms with Gasteiger partial charge in [-0.3, -0.25) is 4.21 Å². The van der Waals surface area contributed by atoms with E-state index in [0.717, 1.165) is 6.54 Å². The van der Waals surface area contributed by atoms with Gasteiger partial charge in [0.15, 0.2) is 0 Å². The van der Waals surface area contributed by atoms with Crippen LogP contribution in [0.15, 0.2) is 23.1 Å². The van der Waals surface area contributed by atoms with Gasteiger partial charge in [0, 0.05) is 18.0 Å². The first-order valence-corrected chi connectivity index (χ1v) is 6.29. The lowest BCUT2D eigenvalue weighted by molar-refractivity contribution is 0.435. The highest BCUT2D eigenvalue weighted by atomic mass is 35.5. The minimum absolute atomic E-state index is 0.479. The fraction of sp³-hybridized carbons (Fsp3) is 0.400. The predicted molar refractivity (Wildman–Crippen MR) is 65.7 cm³/mol. The van der Waals surface area contributed by atoms with Crippen LogP contribution in [0.25, 0.3) is 0 Å². The number of anilines is 1. The zero-order chi connectivity index (χ0) is 11.4. The average molecular weight is 247 g/mol. The van der Waals surface area contributed by atoms with Crippen molar-refractivity contribution in [1.82, 2.24) is 4.90 Å². The third-order valence-corrected chi connectivity index (χ3v) is 3.84. The van der Waals surface area contributed by atoms with Crippen LogP contribution in [0.1, 0.15) is 0 Å². The van der Waals surface area contributed by atoms with Gasteiger partial charge >= 0.3 is 0 Å². The Bertz CT molecular complexity index is 348. The lowest BCUT2D eigenvalue weighted by Gasteiger charge is -2.11. The monoisotopic (exact) mass is 246 g/mol. The van der Waals surface area contributed by atoms with Gasteiger partial charge in [-0.25, -0.2) is 0 Å². The quantitative estimate of drug-likeness (QED) is 0.821. The Morgan fingerprint density at radius 1 is 1.47 bits per heavy atom. The lowest BCUT2D eigenvalue weighted by Crippen LogP contribution is -2.19. The molecule has 0 saturated carbocycles. The Hall–Kier alpha value is -0.580. The molecule has 3 nitrogen and oxygen atoms in total. The van der Waals surface area contributed by atoms with Crippen molar-refractivity contribution in [3.63, 3.8) is 0 Å². The van der Waals surface area contributed by atoms with Crippen molar-refractivity contribution < 1.29 is 4.21 Å². The van der Waals surface area contributed by atoms with Crippen LogP contribution in [0, 0.1) is 0 Å². The third-order valence-electron chi connectivity index (χ3n) is 1.95. The summed E-state index contributed by atoms with van der Waals surface area (Å²) >= 11 is 5.95. The number of rotatable bonds is 4. The van der Waals surface area contributed by atoms with Crippen LogP contribution >= 0.6 is 11.6 Å². The first-order valence-electron chi connectivity index (χ1n) is 4.59. The Morgan fingerprint density at radius 2 is 2.13 bits per heavy atom. The van der Waals surface area contributed by atoms with E-state index in [1.807, 2.05) is 19.0 Å². The second kappa shape index (κ2) is 5.49. The highest BCUT2D eigenvalue weighted by Crippen LogP contribution is 2.25. The van der Waals surface area contributed by atoms with Crippen molar-refractivity contribution in [3.8, 4) is 0 Å². The molecule has 5 heteroatoms. The van der Waals surface area contributed by atoms with Crippen LogP contribution in [-0.2, 0) is 10.8 Å². The molecule has 0 amide bonds. The highest BCUT2D eigenvalue weighted by Gasteiger charge is 2.12. The predicted octanol–water partition coefficient (Wildman–Crippen LogP) is 1.59. The molecule has 0 aromatic heterocycles. The normalized spacial score (nSPS) is 13.1. The molecule has 1 aromatic carbocycles. The highest BCUT2D eigenvalue weighted by molar-refractivity contribution is 7.85. The summed E-state index contributed by atoms with van der Waals surface area (Å²) in [6, 6.07) is 5.18. The molecule has 0 aliphatic heterocycles. The van der Waals surface area contributed by atoms with E-state index in [1.54, 1.807) is 18.2 Å². The largest absolute Gasteiger partial charge is 0.398 e. The molecular formula is C10H15ClN2OS. The molecule has 0 radical (unpaired) electrons. The number of nitrogens with two attached hydrogens (primary N) is 1. The molecule has 0 heterocycles. The number of nitrogens with zero attached hydrogens (tertiary/aromatic N) is 1. The van der Waals surface area contributed by atoms with E-state index in [1.165, 1.54) is 0 Å². The molecule has 15 heavy (non-hydrogen) atoms. The van der Waals surface area contributed by atoms with Crippen LogP contribution in [-0.4, -0.2) is 35.5 Å². The molecular weight excluding hydrogens is 232 g/mol. The molecule has 1 rings (SSSR count). The summed E-state index contributed by atoms with van der Waals surface area (Å²) in [7, 11) is 2.75. The fourth-order valence-electron chi connectivity index (χ4n) is 1.13. The number of benzene rings is 1. The summed E-state index contributed by atoms with van der Waals surface area (Å²) in [5.41, 5.74) is 6.24. The van der Waals surface area contributed by atoms with Gasteiger partial charge in [-0.1, -0.05) is 17.7 Å². The van der Waals surface area contributed by atoms with Gasteiger partial charge in [0.25, 0.3) is 0 Å². The van der Waals surface area contributed by atoms with Gasteiger partial charge in [0.2, 0.25) is 0 Å². The number of halogens is 1. The van der Waals surface area contributed by atoms with E-state index in [2.05, 4.69) is 0 Å². The van der Waals surface area contributed by atoms with Crippen molar-refractivity contribution in [1.29, 1.82) is 0 Å². The molecule has 0 aliphatic carbocycles. The van der Waals surface area contributed by atoms with Gasteiger partial charge in [0.1, 0.15) is 0 Å². The van der Waals surface area contributed by atoms with E-state index in [-0.39, 0.29) is 0 Å². The standard InChI is InChI=1S/C10H15ClN2OS/c1-13(2)6-7-15(14)10-8(11)4-3-5-9(10)12/h3-5H,6-7,12H2,1-2H3. The summed E-state index contributed by atoms with van der Waals surface area (Å²) in [5, 5.41) is 0.479. The molecule has 84 valence electrons. The molecule has 2 N–H and O–H groups in total. The Kier molecular flexibility index (Phi) is 4.57. The number of nitrogen functional groups attached to an aromatic ring is 1. The molecule has 0 spiro atoms. The zero-order valence-corrected chi connectivity index (χ0v) is 10.4. The van der Waals surface area contributed by atoms with Gasteiger partial charge in [-0.15, -0.1) is 0 Å². The molecule has 1 unspecified atom stereocenters. The summed E-state index contributed by atoms with van der Waals surface area (Å²) in [4.78, 5) is 2.53. The van der Waals surface area contributed by atoms with Crippen molar-refractivity contribution >= 4 is 28.1 Å². The fourth-order valence-corrected chi connectivity index (χ4v) is 2.92. The second-order valence-electron chi connectivity index (χ2n) is 3.51. The van der Waals surface area contributed by atoms with Crippen molar-refractivity contribution in [3.05, 3.63) is 23.2 Å². The molecule has 1 aromatic rings. The van der Waals surface area contributed by atoms with Gasteiger partial charge < -0.3 is 10.6 Å². The van der Waals surface area contributed by atoms with Crippen molar-refractivity contribution in [2.75, 3.05) is 32.1 Å².